The van der Waals surface area contributed by atoms with Gasteiger partial charge in [0.2, 0.25) is 0 Å². The van der Waals surface area contributed by atoms with Crippen LogP contribution in [0.15, 0.2) is 22.7 Å². The number of nitrogen functional groups attached to an aromatic ring is 1. The molecule has 100 valence electrons. The molecule has 0 aliphatic heterocycles. The summed E-state index contributed by atoms with van der Waals surface area (Å²) in [7, 11) is 0. The SMILES string of the molecule is CC1CCCC1n1nnnc1-c1cc(N)ccc1Br. The molecule has 2 atom stereocenters. The average Bonchev–Trinajstić information content (AvgIpc) is 3.00. The van der Waals surface area contributed by atoms with E-state index in [1.807, 2.05) is 22.9 Å². The average molecular weight is 322 g/mol. The smallest absolute Gasteiger partial charge is 0.183 e. The summed E-state index contributed by atoms with van der Waals surface area (Å²) in [5.74, 6) is 1.40. The van der Waals surface area contributed by atoms with Crippen LogP contribution in [0.5, 0.6) is 0 Å². The lowest BCUT2D eigenvalue weighted by molar-refractivity contribution is 0.370. The first kappa shape index (κ1) is 12.6. The zero-order chi connectivity index (χ0) is 13.4. The molecule has 0 spiro atoms. The van der Waals surface area contributed by atoms with Crippen molar-refractivity contribution in [2.24, 2.45) is 5.92 Å². The maximum atomic E-state index is 5.87. The van der Waals surface area contributed by atoms with Gasteiger partial charge in [0, 0.05) is 15.7 Å². The molecule has 6 heteroatoms. The largest absolute Gasteiger partial charge is 0.399 e. The van der Waals surface area contributed by atoms with Gasteiger partial charge < -0.3 is 5.73 Å². The Morgan fingerprint density at radius 3 is 2.95 bits per heavy atom. The molecule has 0 amide bonds. The lowest BCUT2D eigenvalue weighted by Crippen LogP contribution is -2.14. The second-order valence-electron chi connectivity index (χ2n) is 5.16. The third kappa shape index (κ3) is 2.25. The fraction of sp³-hybridized carbons (Fsp3) is 0.462. The van der Waals surface area contributed by atoms with E-state index < -0.39 is 0 Å². The van der Waals surface area contributed by atoms with Gasteiger partial charge in [-0.3, -0.25) is 0 Å². The molecule has 0 radical (unpaired) electrons. The van der Waals surface area contributed by atoms with Crippen LogP contribution < -0.4 is 5.73 Å². The zero-order valence-electron chi connectivity index (χ0n) is 10.8. The van der Waals surface area contributed by atoms with E-state index in [1.54, 1.807) is 0 Å². The van der Waals surface area contributed by atoms with Crippen LogP contribution in [0.4, 0.5) is 5.69 Å². The number of rotatable bonds is 2. The van der Waals surface area contributed by atoms with Gasteiger partial charge in [0.15, 0.2) is 5.82 Å². The van der Waals surface area contributed by atoms with Crippen LogP contribution in [-0.2, 0) is 0 Å². The molecule has 19 heavy (non-hydrogen) atoms. The van der Waals surface area contributed by atoms with Crippen LogP contribution in [0.3, 0.4) is 0 Å². The highest BCUT2D eigenvalue weighted by Gasteiger charge is 2.29. The van der Waals surface area contributed by atoms with Gasteiger partial charge in [-0.2, -0.15) is 0 Å². The summed E-state index contributed by atoms with van der Waals surface area (Å²) in [5.41, 5.74) is 7.53. The van der Waals surface area contributed by atoms with Crippen LogP contribution in [0.1, 0.15) is 32.2 Å². The molecular weight excluding hydrogens is 306 g/mol. The van der Waals surface area contributed by atoms with Crippen molar-refractivity contribution in [2.75, 3.05) is 5.73 Å². The Bertz CT molecular complexity index is 594. The zero-order valence-corrected chi connectivity index (χ0v) is 12.3. The van der Waals surface area contributed by atoms with E-state index in [1.165, 1.54) is 12.8 Å². The molecule has 3 rings (SSSR count). The number of hydrogen-bond donors (Lipinski definition) is 1. The molecule has 1 aromatic carbocycles. The lowest BCUT2D eigenvalue weighted by atomic mass is 10.1. The highest BCUT2D eigenvalue weighted by atomic mass is 79.9. The predicted octanol–water partition coefficient (Wildman–Crippen LogP) is 3.05. The van der Waals surface area contributed by atoms with Crippen molar-refractivity contribution in [3.05, 3.63) is 22.7 Å². The quantitative estimate of drug-likeness (QED) is 0.863. The number of tetrazole rings is 1. The molecule has 2 aromatic rings. The summed E-state index contributed by atoms with van der Waals surface area (Å²) < 4.78 is 2.92. The molecule has 2 unspecified atom stereocenters. The molecule has 0 saturated heterocycles. The third-order valence-electron chi connectivity index (χ3n) is 3.85. The Hall–Kier alpha value is -1.43. The van der Waals surface area contributed by atoms with Gasteiger partial charge in [-0.25, -0.2) is 4.68 Å². The lowest BCUT2D eigenvalue weighted by Gasteiger charge is -2.17. The Morgan fingerprint density at radius 1 is 1.37 bits per heavy atom. The fourth-order valence-corrected chi connectivity index (χ4v) is 3.22. The molecular formula is C13H16BrN5. The minimum atomic E-state index is 0.387. The summed E-state index contributed by atoms with van der Waals surface area (Å²) in [6.07, 6.45) is 3.62. The van der Waals surface area contributed by atoms with Crippen molar-refractivity contribution < 1.29 is 0 Å². The van der Waals surface area contributed by atoms with Crippen molar-refractivity contribution in [1.29, 1.82) is 0 Å². The molecule has 5 nitrogen and oxygen atoms in total. The van der Waals surface area contributed by atoms with E-state index in [4.69, 9.17) is 5.73 Å². The molecule has 1 aromatic heterocycles. The van der Waals surface area contributed by atoms with Gasteiger partial charge in [-0.05, 0) is 47.4 Å². The Labute approximate surface area is 120 Å². The second kappa shape index (κ2) is 4.92. The first-order chi connectivity index (χ1) is 9.16. The van der Waals surface area contributed by atoms with Crippen LogP contribution >= 0.6 is 15.9 Å². The van der Waals surface area contributed by atoms with Gasteiger partial charge in [-0.15, -0.1) is 5.10 Å². The fourth-order valence-electron chi connectivity index (χ4n) is 2.80. The minimum absolute atomic E-state index is 0.387. The maximum absolute atomic E-state index is 5.87. The van der Waals surface area contributed by atoms with Crippen LogP contribution in [0, 0.1) is 5.92 Å². The predicted molar refractivity (Wildman–Crippen MR) is 77.4 cm³/mol. The van der Waals surface area contributed by atoms with Crippen LogP contribution in [0.2, 0.25) is 0 Å². The summed E-state index contributed by atoms with van der Waals surface area (Å²) in [4.78, 5) is 0. The van der Waals surface area contributed by atoms with Crippen LogP contribution in [-0.4, -0.2) is 20.2 Å². The second-order valence-corrected chi connectivity index (χ2v) is 6.02. The van der Waals surface area contributed by atoms with Gasteiger partial charge >= 0.3 is 0 Å². The van der Waals surface area contributed by atoms with E-state index in [0.29, 0.717) is 17.6 Å². The number of halogens is 1. The van der Waals surface area contributed by atoms with Crippen molar-refractivity contribution in [3.8, 4) is 11.4 Å². The van der Waals surface area contributed by atoms with E-state index in [2.05, 4.69) is 38.4 Å². The first-order valence-corrected chi connectivity index (χ1v) is 7.29. The van der Waals surface area contributed by atoms with Crippen molar-refractivity contribution in [3.63, 3.8) is 0 Å². The maximum Gasteiger partial charge on any atom is 0.183 e. The molecule has 1 fully saturated rings. The Morgan fingerprint density at radius 2 is 2.21 bits per heavy atom. The Kier molecular flexibility index (Phi) is 3.26. The van der Waals surface area contributed by atoms with E-state index in [0.717, 1.165) is 22.3 Å². The van der Waals surface area contributed by atoms with Crippen molar-refractivity contribution in [2.45, 2.75) is 32.2 Å². The highest BCUT2D eigenvalue weighted by molar-refractivity contribution is 9.10. The normalized spacial score (nSPS) is 22.8. The molecule has 2 N–H and O–H groups in total. The Balaban J connectivity index is 2.06. The standard InChI is InChI=1S/C13H16BrN5/c1-8-3-2-4-12(8)19-13(16-17-18-19)10-7-9(15)5-6-11(10)14/h5-8,12H,2-4,15H2,1H3. The van der Waals surface area contributed by atoms with Gasteiger partial charge in [0.1, 0.15) is 0 Å². The number of anilines is 1. The number of hydrogen-bond acceptors (Lipinski definition) is 4. The summed E-state index contributed by atoms with van der Waals surface area (Å²) >= 11 is 3.55. The minimum Gasteiger partial charge on any atom is -0.399 e. The van der Waals surface area contributed by atoms with Gasteiger partial charge in [0.25, 0.3) is 0 Å². The topological polar surface area (TPSA) is 69.6 Å². The van der Waals surface area contributed by atoms with Crippen molar-refractivity contribution in [1.82, 2.24) is 20.2 Å². The first-order valence-electron chi connectivity index (χ1n) is 6.50. The van der Waals surface area contributed by atoms with E-state index in [9.17, 15) is 0 Å². The molecule has 1 heterocycles. The number of nitrogens with zero attached hydrogens (tertiary/aromatic N) is 4. The van der Waals surface area contributed by atoms with Crippen molar-refractivity contribution >= 4 is 21.6 Å². The highest BCUT2D eigenvalue weighted by Crippen LogP contribution is 2.38. The summed E-state index contributed by atoms with van der Waals surface area (Å²) in [5, 5.41) is 12.2. The van der Waals surface area contributed by atoms with Gasteiger partial charge in [0.05, 0.1) is 6.04 Å². The van der Waals surface area contributed by atoms with E-state index in [-0.39, 0.29) is 0 Å². The molecule has 1 aliphatic carbocycles. The van der Waals surface area contributed by atoms with Gasteiger partial charge in [-0.1, -0.05) is 29.3 Å². The van der Waals surface area contributed by atoms with Crippen LogP contribution in [0.25, 0.3) is 11.4 Å². The molecule has 1 saturated carbocycles. The summed E-state index contributed by atoms with van der Waals surface area (Å²) in [6.45, 7) is 2.26. The molecule has 0 bridgehead atoms. The van der Waals surface area contributed by atoms with E-state index >= 15 is 0 Å². The number of benzene rings is 1. The third-order valence-corrected chi connectivity index (χ3v) is 4.55. The molecule has 1 aliphatic rings. The number of aromatic nitrogens is 4. The number of nitrogens with two attached hydrogens (primary N) is 1. The summed E-state index contributed by atoms with van der Waals surface area (Å²) in [6, 6.07) is 6.09. The monoisotopic (exact) mass is 321 g/mol.